The minimum Gasteiger partial charge on any atom is -0.497 e. The maximum Gasteiger partial charge on any atom is 0.153 e. The number of rotatable bonds is 2. The first-order chi connectivity index (χ1) is 8.26. The lowest BCUT2D eigenvalue weighted by molar-refractivity contribution is 0.415. The number of hydrogen-bond donors (Lipinski definition) is 2. The Morgan fingerprint density at radius 2 is 2.18 bits per heavy atom. The van der Waals surface area contributed by atoms with Crippen LogP contribution < -0.4 is 10.5 Å². The molecule has 0 saturated carbocycles. The molecule has 0 aliphatic carbocycles. The summed E-state index contributed by atoms with van der Waals surface area (Å²) in [7, 11) is 1.64. The van der Waals surface area contributed by atoms with E-state index in [9.17, 15) is 0 Å². The van der Waals surface area contributed by atoms with Crippen molar-refractivity contribution in [2.75, 3.05) is 12.8 Å². The van der Waals surface area contributed by atoms with Gasteiger partial charge in [0.05, 0.1) is 7.11 Å². The lowest BCUT2D eigenvalue weighted by Crippen LogP contribution is -1.81. The van der Waals surface area contributed by atoms with Crippen LogP contribution in [-0.4, -0.2) is 17.3 Å². The molecule has 0 aliphatic heterocycles. The number of nitrogen functional groups attached to an aromatic ring is 1. The number of H-pyrrole nitrogens is 1. The molecule has 0 atom stereocenters. The molecule has 0 saturated heterocycles. The minimum absolute atomic E-state index is 0.443. The van der Waals surface area contributed by atoms with Gasteiger partial charge >= 0.3 is 0 Å². The third kappa shape index (κ3) is 1.61. The molecule has 0 spiro atoms. The second-order valence-electron chi connectivity index (χ2n) is 3.72. The first-order valence-corrected chi connectivity index (χ1v) is 5.15. The quantitative estimate of drug-likeness (QED) is 0.707. The number of benzene rings is 1. The van der Waals surface area contributed by atoms with Crippen LogP contribution in [0.3, 0.4) is 0 Å². The van der Waals surface area contributed by atoms with E-state index in [0.717, 1.165) is 22.4 Å². The number of aromatic nitrogens is 2. The molecule has 0 unspecified atom stereocenters. The van der Waals surface area contributed by atoms with Crippen LogP contribution in [0.15, 0.2) is 34.7 Å². The van der Waals surface area contributed by atoms with Gasteiger partial charge in [0.15, 0.2) is 5.76 Å². The van der Waals surface area contributed by atoms with Gasteiger partial charge < -0.3 is 14.9 Å². The molecule has 5 nitrogen and oxygen atoms in total. The second-order valence-corrected chi connectivity index (χ2v) is 3.72. The van der Waals surface area contributed by atoms with Gasteiger partial charge in [0, 0.05) is 11.5 Å². The first kappa shape index (κ1) is 9.77. The number of methoxy groups -OCH3 is 1. The summed E-state index contributed by atoms with van der Waals surface area (Å²) in [6, 6.07) is 9.30. The average Bonchev–Trinajstić information content (AvgIpc) is 2.93. The third-order valence-electron chi connectivity index (χ3n) is 2.59. The Bertz CT molecular complexity index is 669. The molecule has 0 aliphatic rings. The number of anilines is 1. The molecule has 0 fully saturated rings. The monoisotopic (exact) mass is 229 g/mol. The van der Waals surface area contributed by atoms with Crippen molar-refractivity contribution in [2.45, 2.75) is 0 Å². The highest BCUT2D eigenvalue weighted by atomic mass is 16.5. The van der Waals surface area contributed by atoms with E-state index in [2.05, 4.69) is 10.2 Å². The number of aromatic amines is 1. The summed E-state index contributed by atoms with van der Waals surface area (Å²) in [5.74, 6) is 1.95. The minimum atomic E-state index is 0.443. The molecule has 17 heavy (non-hydrogen) atoms. The SMILES string of the molecule is COc1ccc2oc(-c3cc(N)n[nH]3)cc2c1. The first-order valence-electron chi connectivity index (χ1n) is 5.15. The summed E-state index contributed by atoms with van der Waals surface area (Å²) >= 11 is 0. The number of nitrogens with zero attached hydrogens (tertiary/aromatic N) is 1. The molecule has 5 heteroatoms. The fraction of sp³-hybridized carbons (Fsp3) is 0.0833. The van der Waals surface area contributed by atoms with Gasteiger partial charge in [-0.3, -0.25) is 5.10 Å². The van der Waals surface area contributed by atoms with Crippen LogP contribution in [0, 0.1) is 0 Å². The Labute approximate surface area is 97.2 Å². The molecule has 0 radical (unpaired) electrons. The molecule has 3 aromatic rings. The van der Waals surface area contributed by atoms with Gasteiger partial charge in [-0.1, -0.05) is 0 Å². The van der Waals surface area contributed by atoms with Crippen LogP contribution in [0.4, 0.5) is 5.82 Å². The van der Waals surface area contributed by atoms with E-state index in [1.807, 2.05) is 24.3 Å². The van der Waals surface area contributed by atoms with Gasteiger partial charge in [0.25, 0.3) is 0 Å². The maximum absolute atomic E-state index is 5.68. The number of nitrogens with one attached hydrogen (secondary N) is 1. The van der Waals surface area contributed by atoms with Crippen molar-refractivity contribution in [2.24, 2.45) is 0 Å². The zero-order valence-corrected chi connectivity index (χ0v) is 9.23. The number of nitrogens with two attached hydrogens (primary N) is 1. The van der Waals surface area contributed by atoms with Crippen molar-refractivity contribution in [1.29, 1.82) is 0 Å². The summed E-state index contributed by atoms with van der Waals surface area (Å²) in [4.78, 5) is 0. The molecule has 0 bridgehead atoms. The van der Waals surface area contributed by atoms with Crippen molar-refractivity contribution in [1.82, 2.24) is 10.2 Å². The van der Waals surface area contributed by atoms with E-state index in [1.54, 1.807) is 13.2 Å². The Balaban J connectivity index is 2.13. The Hall–Kier alpha value is -2.43. The van der Waals surface area contributed by atoms with Crippen molar-refractivity contribution in [3.63, 3.8) is 0 Å². The zero-order chi connectivity index (χ0) is 11.8. The highest BCUT2D eigenvalue weighted by molar-refractivity contribution is 5.83. The lowest BCUT2D eigenvalue weighted by Gasteiger charge is -1.96. The summed E-state index contributed by atoms with van der Waals surface area (Å²) in [6.45, 7) is 0. The molecule has 2 heterocycles. The van der Waals surface area contributed by atoms with Gasteiger partial charge in [-0.15, -0.1) is 0 Å². The molecule has 1 aromatic carbocycles. The van der Waals surface area contributed by atoms with E-state index in [4.69, 9.17) is 14.9 Å². The molecule has 3 rings (SSSR count). The zero-order valence-electron chi connectivity index (χ0n) is 9.23. The smallest absolute Gasteiger partial charge is 0.153 e. The fourth-order valence-corrected chi connectivity index (χ4v) is 1.74. The Morgan fingerprint density at radius 1 is 1.29 bits per heavy atom. The predicted octanol–water partition coefficient (Wildman–Crippen LogP) is 2.41. The molecule has 3 N–H and O–H groups in total. The van der Waals surface area contributed by atoms with Gasteiger partial charge in [-0.2, -0.15) is 5.10 Å². The Kier molecular flexibility index (Phi) is 2.04. The summed E-state index contributed by atoms with van der Waals surface area (Å²) in [5.41, 5.74) is 7.11. The van der Waals surface area contributed by atoms with Crippen molar-refractivity contribution < 1.29 is 9.15 Å². The number of fused-ring (bicyclic) bond motifs is 1. The molecular formula is C12H11N3O2. The van der Waals surface area contributed by atoms with Crippen LogP contribution in [0.2, 0.25) is 0 Å². The van der Waals surface area contributed by atoms with Gasteiger partial charge in [-0.25, -0.2) is 0 Å². The van der Waals surface area contributed by atoms with Crippen LogP contribution in [0.25, 0.3) is 22.4 Å². The van der Waals surface area contributed by atoms with E-state index in [-0.39, 0.29) is 0 Å². The molecule has 2 aromatic heterocycles. The van der Waals surface area contributed by atoms with Crippen molar-refractivity contribution >= 4 is 16.8 Å². The van der Waals surface area contributed by atoms with Crippen molar-refractivity contribution in [3.8, 4) is 17.2 Å². The number of hydrogen-bond acceptors (Lipinski definition) is 4. The lowest BCUT2D eigenvalue weighted by atomic mass is 10.2. The van der Waals surface area contributed by atoms with E-state index < -0.39 is 0 Å². The van der Waals surface area contributed by atoms with E-state index >= 15 is 0 Å². The topological polar surface area (TPSA) is 77.1 Å². The summed E-state index contributed by atoms with van der Waals surface area (Å²) in [5, 5.41) is 7.66. The second kappa shape index (κ2) is 3.55. The van der Waals surface area contributed by atoms with Gasteiger partial charge in [-0.05, 0) is 24.3 Å². The summed E-state index contributed by atoms with van der Waals surface area (Å²) in [6.07, 6.45) is 0. The van der Waals surface area contributed by atoms with Crippen molar-refractivity contribution in [3.05, 3.63) is 30.3 Å². The maximum atomic E-state index is 5.68. The highest BCUT2D eigenvalue weighted by Crippen LogP contribution is 2.29. The number of furan rings is 1. The fourth-order valence-electron chi connectivity index (χ4n) is 1.74. The van der Waals surface area contributed by atoms with Crippen LogP contribution >= 0.6 is 0 Å². The highest BCUT2D eigenvalue weighted by Gasteiger charge is 2.09. The average molecular weight is 229 g/mol. The third-order valence-corrected chi connectivity index (χ3v) is 2.59. The summed E-state index contributed by atoms with van der Waals surface area (Å²) < 4.78 is 10.8. The largest absolute Gasteiger partial charge is 0.497 e. The predicted molar refractivity (Wildman–Crippen MR) is 64.8 cm³/mol. The van der Waals surface area contributed by atoms with Gasteiger partial charge in [0.1, 0.15) is 22.8 Å². The van der Waals surface area contributed by atoms with Crippen LogP contribution in [-0.2, 0) is 0 Å². The van der Waals surface area contributed by atoms with E-state index in [0.29, 0.717) is 11.6 Å². The van der Waals surface area contributed by atoms with Crippen LogP contribution in [0.1, 0.15) is 0 Å². The Morgan fingerprint density at radius 3 is 2.88 bits per heavy atom. The normalized spacial score (nSPS) is 10.9. The van der Waals surface area contributed by atoms with E-state index in [1.165, 1.54) is 0 Å². The molecule has 0 amide bonds. The number of ether oxygens (including phenoxy) is 1. The van der Waals surface area contributed by atoms with Gasteiger partial charge in [0.2, 0.25) is 0 Å². The molecule has 86 valence electrons. The van der Waals surface area contributed by atoms with Crippen LogP contribution in [0.5, 0.6) is 5.75 Å². The standard InChI is InChI=1S/C12H11N3O2/c1-16-8-2-3-10-7(4-8)5-11(17-10)9-6-12(13)15-14-9/h2-6H,1H3,(H3,13,14,15). The molecular weight excluding hydrogens is 218 g/mol.